The van der Waals surface area contributed by atoms with Crippen molar-refractivity contribution >= 4 is 21.7 Å². The number of hydrogen-bond donors (Lipinski definition) is 2. The van der Waals surface area contributed by atoms with Gasteiger partial charge in [-0.15, -0.1) is 0 Å². The number of sulfonamides is 1. The first-order valence-corrected chi connectivity index (χ1v) is 11.8. The highest BCUT2D eigenvalue weighted by Gasteiger charge is 2.37. The van der Waals surface area contributed by atoms with E-state index in [2.05, 4.69) is 42.6 Å². The van der Waals surface area contributed by atoms with Gasteiger partial charge in [0.25, 0.3) is 15.9 Å². The lowest BCUT2D eigenvalue weighted by molar-refractivity contribution is -0.124. The highest BCUT2D eigenvalue weighted by molar-refractivity contribution is 7.90. The Hall–Kier alpha value is -3.23. The second kappa shape index (κ2) is 8.37. The van der Waals surface area contributed by atoms with Crippen LogP contribution >= 0.6 is 0 Å². The number of carbonyl (C=O) groups is 1. The number of amides is 1. The summed E-state index contributed by atoms with van der Waals surface area (Å²) in [5, 5.41) is -0.283. The third kappa shape index (κ3) is 4.24. The predicted octanol–water partition coefficient (Wildman–Crippen LogP) is 3.15. The SMILES string of the molecule is Cc1cc(C)c(CN2Cc3ccccc3C2C(=O)NS(=O)(=O)c2cccc(N)n2)c(C)c1. The standard InChI is InChI=1S/C24H26N4O3S/c1-15-11-16(2)20(17(3)12-15)14-28-13-18-7-4-5-8-19(18)23(28)24(29)27-32(30,31)22-10-6-9-21(25)26-22/h4-12,23H,13-14H2,1-3H3,(H2,25,26)(H,27,29). The number of carbonyl (C=O) groups excluding carboxylic acids is 1. The maximum atomic E-state index is 13.3. The van der Waals surface area contributed by atoms with Gasteiger partial charge in [0, 0.05) is 13.1 Å². The number of nitrogens with zero attached hydrogens (tertiary/aromatic N) is 2. The fourth-order valence-corrected chi connectivity index (χ4v) is 5.35. The second-order valence-electron chi connectivity index (χ2n) is 8.25. The van der Waals surface area contributed by atoms with Gasteiger partial charge in [0.05, 0.1) is 0 Å². The van der Waals surface area contributed by atoms with Gasteiger partial charge in [-0.2, -0.15) is 8.42 Å². The fraction of sp³-hybridized carbons (Fsp3) is 0.250. The van der Waals surface area contributed by atoms with Gasteiger partial charge < -0.3 is 5.73 Å². The summed E-state index contributed by atoms with van der Waals surface area (Å²) in [6.45, 7) is 7.26. The molecule has 0 saturated heterocycles. The van der Waals surface area contributed by atoms with Crippen LogP contribution in [0.4, 0.5) is 5.82 Å². The van der Waals surface area contributed by atoms with Gasteiger partial charge in [-0.3, -0.25) is 9.69 Å². The van der Waals surface area contributed by atoms with Gasteiger partial charge in [-0.1, -0.05) is 48.0 Å². The number of nitrogens with two attached hydrogens (primary N) is 1. The summed E-state index contributed by atoms with van der Waals surface area (Å²) in [5.74, 6) is -0.542. The van der Waals surface area contributed by atoms with Crippen molar-refractivity contribution in [3.05, 3.63) is 88.0 Å². The van der Waals surface area contributed by atoms with Crippen LogP contribution in [0.25, 0.3) is 0 Å². The number of pyridine rings is 1. The van der Waals surface area contributed by atoms with E-state index in [1.165, 1.54) is 23.8 Å². The summed E-state index contributed by atoms with van der Waals surface area (Å²) in [6, 6.07) is 15.4. The van der Waals surface area contributed by atoms with Crippen LogP contribution in [0.5, 0.6) is 0 Å². The van der Waals surface area contributed by atoms with Crippen LogP contribution < -0.4 is 10.5 Å². The molecule has 3 aromatic rings. The Morgan fingerprint density at radius 3 is 2.47 bits per heavy atom. The lowest BCUT2D eigenvalue weighted by atomic mass is 9.99. The molecule has 1 unspecified atom stereocenters. The Kier molecular flexibility index (Phi) is 5.75. The van der Waals surface area contributed by atoms with Crippen LogP contribution in [0.1, 0.15) is 39.4 Å². The minimum Gasteiger partial charge on any atom is -0.384 e. The average Bonchev–Trinajstić information content (AvgIpc) is 3.08. The van der Waals surface area contributed by atoms with Gasteiger partial charge in [0.1, 0.15) is 11.9 Å². The van der Waals surface area contributed by atoms with E-state index in [4.69, 9.17) is 5.73 Å². The number of fused-ring (bicyclic) bond motifs is 1. The molecule has 0 saturated carbocycles. The monoisotopic (exact) mass is 450 g/mol. The van der Waals surface area contributed by atoms with Crippen molar-refractivity contribution in [1.29, 1.82) is 0 Å². The van der Waals surface area contributed by atoms with Crippen molar-refractivity contribution in [2.75, 3.05) is 5.73 Å². The molecule has 2 aromatic carbocycles. The zero-order valence-electron chi connectivity index (χ0n) is 18.3. The number of rotatable bonds is 5. The molecule has 0 aliphatic carbocycles. The minimum absolute atomic E-state index is 0.0680. The summed E-state index contributed by atoms with van der Waals surface area (Å²) in [7, 11) is -4.16. The van der Waals surface area contributed by atoms with Crippen molar-refractivity contribution in [2.24, 2.45) is 0 Å². The van der Waals surface area contributed by atoms with Crippen LogP contribution in [-0.2, 0) is 27.9 Å². The number of benzene rings is 2. The first-order chi connectivity index (χ1) is 15.2. The molecule has 1 aliphatic heterocycles. The first-order valence-electron chi connectivity index (χ1n) is 10.3. The number of hydrogen-bond acceptors (Lipinski definition) is 6. The van der Waals surface area contributed by atoms with Gasteiger partial charge in [-0.05, 0) is 60.7 Å². The molecular formula is C24H26N4O3S. The summed E-state index contributed by atoms with van der Waals surface area (Å²) >= 11 is 0. The number of nitrogens with one attached hydrogen (secondary N) is 1. The Morgan fingerprint density at radius 2 is 1.78 bits per heavy atom. The van der Waals surface area contributed by atoms with Crippen LogP contribution in [-0.4, -0.2) is 24.2 Å². The maximum Gasteiger partial charge on any atom is 0.281 e. The molecule has 0 radical (unpaired) electrons. The van der Waals surface area contributed by atoms with E-state index in [-0.39, 0.29) is 10.8 Å². The Balaban J connectivity index is 1.67. The summed E-state index contributed by atoms with van der Waals surface area (Å²) < 4.78 is 27.8. The first kappa shape index (κ1) is 22.0. The number of aryl methyl sites for hydroxylation is 3. The van der Waals surface area contributed by atoms with Crippen LogP contribution in [0.3, 0.4) is 0 Å². The van der Waals surface area contributed by atoms with E-state index in [1.807, 2.05) is 29.2 Å². The van der Waals surface area contributed by atoms with Gasteiger partial charge in [-0.25, -0.2) is 9.71 Å². The van der Waals surface area contributed by atoms with E-state index in [1.54, 1.807) is 0 Å². The second-order valence-corrected chi connectivity index (χ2v) is 9.88. The Bertz CT molecular complexity index is 1280. The van der Waals surface area contributed by atoms with E-state index in [0.29, 0.717) is 13.1 Å². The van der Waals surface area contributed by atoms with E-state index < -0.39 is 22.0 Å². The minimum atomic E-state index is -4.16. The molecule has 166 valence electrons. The molecule has 8 heteroatoms. The quantitative estimate of drug-likeness (QED) is 0.619. The molecular weight excluding hydrogens is 424 g/mol. The molecule has 1 aromatic heterocycles. The topological polar surface area (TPSA) is 105 Å². The molecule has 1 aliphatic rings. The summed E-state index contributed by atoms with van der Waals surface area (Å²) in [6.07, 6.45) is 0. The van der Waals surface area contributed by atoms with Gasteiger partial charge in [0.2, 0.25) is 0 Å². The number of anilines is 1. The van der Waals surface area contributed by atoms with Crippen molar-refractivity contribution in [3.8, 4) is 0 Å². The van der Waals surface area contributed by atoms with E-state index in [0.717, 1.165) is 27.8 Å². The molecule has 3 N–H and O–H groups in total. The fourth-order valence-electron chi connectivity index (χ4n) is 4.39. The van der Waals surface area contributed by atoms with Gasteiger partial charge in [0.15, 0.2) is 5.03 Å². The van der Waals surface area contributed by atoms with Crippen LogP contribution in [0.2, 0.25) is 0 Å². The summed E-state index contributed by atoms with van der Waals surface area (Å²) in [5.41, 5.74) is 12.1. The molecule has 4 rings (SSSR count). The predicted molar refractivity (Wildman–Crippen MR) is 123 cm³/mol. The molecule has 2 heterocycles. The van der Waals surface area contributed by atoms with E-state index in [9.17, 15) is 13.2 Å². The lowest BCUT2D eigenvalue weighted by Gasteiger charge is -2.26. The average molecular weight is 451 g/mol. The third-order valence-corrected chi connectivity index (χ3v) is 7.04. The molecule has 0 fully saturated rings. The van der Waals surface area contributed by atoms with Crippen molar-refractivity contribution < 1.29 is 13.2 Å². The number of aromatic nitrogens is 1. The Labute approximate surface area is 188 Å². The van der Waals surface area contributed by atoms with Crippen molar-refractivity contribution in [3.63, 3.8) is 0 Å². The van der Waals surface area contributed by atoms with E-state index >= 15 is 0 Å². The molecule has 1 atom stereocenters. The van der Waals surface area contributed by atoms with Crippen molar-refractivity contribution in [1.82, 2.24) is 14.6 Å². The molecule has 32 heavy (non-hydrogen) atoms. The lowest BCUT2D eigenvalue weighted by Crippen LogP contribution is -2.40. The highest BCUT2D eigenvalue weighted by Crippen LogP contribution is 2.36. The van der Waals surface area contributed by atoms with Gasteiger partial charge >= 0.3 is 0 Å². The molecule has 0 spiro atoms. The van der Waals surface area contributed by atoms with Crippen LogP contribution in [0.15, 0.2) is 59.6 Å². The zero-order chi connectivity index (χ0) is 23.0. The maximum absolute atomic E-state index is 13.3. The number of nitrogen functional groups attached to an aromatic ring is 1. The smallest absolute Gasteiger partial charge is 0.281 e. The van der Waals surface area contributed by atoms with Crippen LogP contribution in [0, 0.1) is 20.8 Å². The molecule has 7 nitrogen and oxygen atoms in total. The Morgan fingerprint density at radius 1 is 1.09 bits per heavy atom. The highest BCUT2D eigenvalue weighted by atomic mass is 32.2. The summed E-state index contributed by atoms with van der Waals surface area (Å²) in [4.78, 5) is 19.2. The normalized spacial score (nSPS) is 16.0. The molecule has 1 amide bonds. The third-order valence-electron chi connectivity index (χ3n) is 5.79. The van der Waals surface area contributed by atoms with Crippen molar-refractivity contribution in [2.45, 2.75) is 44.9 Å². The zero-order valence-corrected chi connectivity index (χ0v) is 19.1. The largest absolute Gasteiger partial charge is 0.384 e. The molecule has 0 bridgehead atoms.